The third-order valence-electron chi connectivity index (χ3n) is 5.46. The molecule has 100 valence electrons. The monoisotopic (exact) mass is 246 g/mol. The van der Waals surface area contributed by atoms with Crippen molar-refractivity contribution in [2.75, 3.05) is 6.61 Å². The van der Waals surface area contributed by atoms with E-state index in [0.29, 0.717) is 29.3 Å². The van der Waals surface area contributed by atoms with Crippen molar-refractivity contribution in [2.45, 2.75) is 41.0 Å². The first-order chi connectivity index (χ1) is 8.31. The van der Waals surface area contributed by atoms with Gasteiger partial charge in [0.25, 0.3) is 0 Å². The van der Waals surface area contributed by atoms with E-state index in [1.807, 2.05) is 6.08 Å². The Labute approximate surface area is 112 Å². The Bertz CT molecular complexity index is 409. The van der Waals surface area contributed by atoms with Gasteiger partial charge in [0.05, 0.1) is 5.76 Å². The van der Waals surface area contributed by atoms with Crippen LogP contribution in [0.3, 0.4) is 0 Å². The van der Waals surface area contributed by atoms with Crippen LogP contribution in [-0.4, -0.2) is 6.61 Å². The van der Waals surface area contributed by atoms with Crippen LogP contribution >= 0.6 is 0 Å². The molecule has 2 atom stereocenters. The van der Waals surface area contributed by atoms with Crippen LogP contribution in [0.4, 0.5) is 0 Å². The molecule has 0 aromatic carbocycles. The average molecular weight is 246 g/mol. The molecule has 2 unspecified atom stereocenters. The molecule has 0 heterocycles. The van der Waals surface area contributed by atoms with E-state index in [2.05, 4.69) is 53.3 Å². The first-order valence-corrected chi connectivity index (χ1v) is 6.96. The zero-order chi connectivity index (χ0) is 13.6. The maximum Gasteiger partial charge on any atom is 0.106 e. The topological polar surface area (TPSA) is 9.23 Å². The molecule has 1 heteroatoms. The summed E-state index contributed by atoms with van der Waals surface area (Å²) in [5.41, 5.74) is 2.24. The summed E-state index contributed by atoms with van der Waals surface area (Å²) in [6, 6.07) is 0. The number of fused-ring (bicyclic) bond motifs is 1. The minimum atomic E-state index is 0.300. The fourth-order valence-electron chi connectivity index (χ4n) is 3.76. The van der Waals surface area contributed by atoms with Crippen LogP contribution in [0.1, 0.15) is 41.0 Å². The lowest BCUT2D eigenvalue weighted by Gasteiger charge is -2.34. The molecule has 2 rings (SSSR count). The molecule has 0 spiro atoms. The van der Waals surface area contributed by atoms with Crippen molar-refractivity contribution in [1.82, 2.24) is 0 Å². The standard InChI is InChI=1S/C17H26O/c1-7-10-18-13-8-9-14-15(11-13)17(5,6)12(2)16(14,3)4/h7-9,12,15H,1,10-11H2,2-6H3. The highest BCUT2D eigenvalue weighted by atomic mass is 16.5. The van der Waals surface area contributed by atoms with E-state index in [1.165, 1.54) is 0 Å². The lowest BCUT2D eigenvalue weighted by Crippen LogP contribution is -2.27. The van der Waals surface area contributed by atoms with Crippen molar-refractivity contribution in [2.24, 2.45) is 22.7 Å². The van der Waals surface area contributed by atoms with Crippen LogP contribution in [0.15, 0.2) is 36.1 Å². The minimum absolute atomic E-state index is 0.300. The van der Waals surface area contributed by atoms with Gasteiger partial charge in [-0.15, -0.1) is 0 Å². The van der Waals surface area contributed by atoms with Crippen molar-refractivity contribution in [1.29, 1.82) is 0 Å². The van der Waals surface area contributed by atoms with Gasteiger partial charge < -0.3 is 4.74 Å². The zero-order valence-electron chi connectivity index (χ0n) is 12.4. The third kappa shape index (κ3) is 1.84. The quantitative estimate of drug-likeness (QED) is 0.655. The Morgan fingerprint density at radius 1 is 1.33 bits per heavy atom. The second-order valence-electron chi connectivity index (χ2n) is 6.88. The van der Waals surface area contributed by atoms with Crippen LogP contribution in [0.25, 0.3) is 0 Å². The largest absolute Gasteiger partial charge is 0.494 e. The summed E-state index contributed by atoms with van der Waals surface area (Å²) in [6.45, 7) is 16.3. The van der Waals surface area contributed by atoms with E-state index in [4.69, 9.17) is 4.74 Å². The molecule has 0 bridgehead atoms. The molecule has 0 aliphatic heterocycles. The molecule has 1 fully saturated rings. The van der Waals surface area contributed by atoms with Crippen LogP contribution in [0.2, 0.25) is 0 Å². The molecule has 0 radical (unpaired) electrons. The molecule has 1 saturated carbocycles. The normalized spacial score (nSPS) is 32.3. The Morgan fingerprint density at radius 2 is 2.00 bits per heavy atom. The van der Waals surface area contributed by atoms with E-state index < -0.39 is 0 Å². The second-order valence-corrected chi connectivity index (χ2v) is 6.88. The van der Waals surface area contributed by atoms with E-state index in [9.17, 15) is 0 Å². The zero-order valence-corrected chi connectivity index (χ0v) is 12.4. The summed E-state index contributed by atoms with van der Waals surface area (Å²) in [7, 11) is 0. The van der Waals surface area contributed by atoms with E-state index in [0.717, 1.165) is 12.2 Å². The highest BCUT2D eigenvalue weighted by molar-refractivity contribution is 5.35. The third-order valence-corrected chi connectivity index (χ3v) is 5.46. The first-order valence-electron chi connectivity index (χ1n) is 6.96. The second kappa shape index (κ2) is 4.29. The Balaban J connectivity index is 2.30. The van der Waals surface area contributed by atoms with Gasteiger partial charge in [0.1, 0.15) is 6.61 Å². The van der Waals surface area contributed by atoms with Gasteiger partial charge in [-0.3, -0.25) is 0 Å². The van der Waals surface area contributed by atoms with Crippen molar-refractivity contribution in [3.8, 4) is 0 Å². The summed E-state index contributed by atoms with van der Waals surface area (Å²) in [5, 5.41) is 0. The molecule has 1 nitrogen and oxygen atoms in total. The van der Waals surface area contributed by atoms with Gasteiger partial charge in [-0.05, 0) is 28.7 Å². The summed E-state index contributed by atoms with van der Waals surface area (Å²) < 4.78 is 5.74. The fourth-order valence-corrected chi connectivity index (χ4v) is 3.76. The van der Waals surface area contributed by atoms with Gasteiger partial charge >= 0.3 is 0 Å². The highest BCUT2D eigenvalue weighted by Gasteiger charge is 2.54. The van der Waals surface area contributed by atoms with Crippen LogP contribution < -0.4 is 0 Å². The molecule has 0 saturated heterocycles. The number of hydrogen-bond donors (Lipinski definition) is 0. The Hall–Kier alpha value is -0.980. The maximum atomic E-state index is 5.74. The predicted octanol–water partition coefficient (Wildman–Crippen LogP) is 4.72. The molecule has 0 aromatic rings. The molecule has 2 aliphatic carbocycles. The summed E-state index contributed by atoms with van der Waals surface area (Å²) in [6.07, 6.45) is 7.32. The minimum Gasteiger partial charge on any atom is -0.494 e. The van der Waals surface area contributed by atoms with Gasteiger partial charge in [0.15, 0.2) is 0 Å². The van der Waals surface area contributed by atoms with Gasteiger partial charge in [0.2, 0.25) is 0 Å². The summed E-state index contributed by atoms with van der Waals surface area (Å²) >= 11 is 0. The molecule has 0 aromatic heterocycles. The van der Waals surface area contributed by atoms with Crippen LogP contribution in [0, 0.1) is 22.7 Å². The van der Waals surface area contributed by atoms with Gasteiger partial charge in [-0.25, -0.2) is 0 Å². The van der Waals surface area contributed by atoms with Crippen molar-refractivity contribution in [3.63, 3.8) is 0 Å². The molecule has 0 amide bonds. The Morgan fingerprint density at radius 3 is 2.61 bits per heavy atom. The van der Waals surface area contributed by atoms with Gasteiger partial charge in [-0.1, -0.05) is 58.9 Å². The van der Waals surface area contributed by atoms with E-state index >= 15 is 0 Å². The summed E-state index contributed by atoms with van der Waals surface area (Å²) in [5.74, 6) is 2.42. The van der Waals surface area contributed by atoms with E-state index in [-0.39, 0.29) is 0 Å². The van der Waals surface area contributed by atoms with Crippen molar-refractivity contribution < 1.29 is 4.74 Å². The van der Waals surface area contributed by atoms with Crippen LogP contribution in [0.5, 0.6) is 0 Å². The van der Waals surface area contributed by atoms with Crippen LogP contribution in [-0.2, 0) is 4.74 Å². The smallest absolute Gasteiger partial charge is 0.106 e. The predicted molar refractivity (Wildman–Crippen MR) is 77.1 cm³/mol. The van der Waals surface area contributed by atoms with E-state index in [1.54, 1.807) is 5.57 Å². The lowest BCUT2D eigenvalue weighted by atomic mass is 9.71. The number of allylic oxidation sites excluding steroid dienone is 4. The average Bonchev–Trinajstić information content (AvgIpc) is 2.46. The molecule has 0 N–H and O–H groups in total. The van der Waals surface area contributed by atoms with Gasteiger partial charge in [0, 0.05) is 6.42 Å². The number of ether oxygens (including phenoxy) is 1. The van der Waals surface area contributed by atoms with Gasteiger partial charge in [-0.2, -0.15) is 0 Å². The SMILES string of the molecule is C=CCOC1=CC=C2C(C1)C(C)(C)C(C)C2(C)C. The highest BCUT2D eigenvalue weighted by Crippen LogP contribution is 2.62. The number of rotatable bonds is 3. The lowest BCUT2D eigenvalue weighted by molar-refractivity contribution is 0.139. The maximum absolute atomic E-state index is 5.74. The number of hydrogen-bond acceptors (Lipinski definition) is 1. The molecular weight excluding hydrogens is 220 g/mol. The first kappa shape index (κ1) is 13.5. The molecule has 2 aliphatic rings. The molecular formula is C17H26O. The van der Waals surface area contributed by atoms with Crippen molar-refractivity contribution >= 4 is 0 Å². The Kier molecular flexibility index (Phi) is 3.21. The summed E-state index contributed by atoms with van der Waals surface area (Å²) in [4.78, 5) is 0. The molecule has 18 heavy (non-hydrogen) atoms. The fraction of sp³-hybridized carbons (Fsp3) is 0.647. The van der Waals surface area contributed by atoms with Crippen molar-refractivity contribution in [3.05, 3.63) is 36.1 Å².